The first-order valence-electron chi connectivity index (χ1n) is 5.06. The van der Waals surface area contributed by atoms with E-state index in [1.54, 1.807) is 0 Å². The van der Waals surface area contributed by atoms with Gasteiger partial charge in [0.2, 0.25) is 10.0 Å². The van der Waals surface area contributed by atoms with E-state index in [1.807, 2.05) is 4.90 Å². The van der Waals surface area contributed by atoms with Gasteiger partial charge in [-0.25, -0.2) is 13.1 Å². The van der Waals surface area contributed by atoms with Gasteiger partial charge in [0.1, 0.15) is 0 Å². The van der Waals surface area contributed by atoms with Gasteiger partial charge in [-0.3, -0.25) is 4.99 Å². The Morgan fingerprint density at radius 2 is 2.06 bits per heavy atom. The van der Waals surface area contributed by atoms with Gasteiger partial charge in [-0.1, -0.05) is 0 Å². The summed E-state index contributed by atoms with van der Waals surface area (Å²) >= 11 is 0. The van der Waals surface area contributed by atoms with Crippen LogP contribution in [0.25, 0.3) is 0 Å². The van der Waals surface area contributed by atoms with Gasteiger partial charge in [-0.2, -0.15) is 0 Å². The van der Waals surface area contributed by atoms with Crippen molar-refractivity contribution in [3.8, 4) is 0 Å². The van der Waals surface area contributed by atoms with Crippen molar-refractivity contribution in [2.24, 2.45) is 10.7 Å². The van der Waals surface area contributed by atoms with Crippen molar-refractivity contribution in [3.63, 3.8) is 0 Å². The van der Waals surface area contributed by atoms with Crippen molar-refractivity contribution in [2.45, 2.75) is 0 Å². The Kier molecular flexibility index (Phi) is 8.00. The third-order valence-corrected chi connectivity index (χ3v) is 2.81. The Labute approximate surface area is 119 Å². The minimum Gasteiger partial charge on any atom is -0.378 e. The maximum Gasteiger partial charge on any atom is 0.208 e. The molecule has 3 N–H and O–H groups in total. The zero-order valence-corrected chi connectivity index (χ0v) is 12.9. The predicted molar refractivity (Wildman–Crippen MR) is 77.1 cm³/mol. The molecule has 1 heterocycles. The van der Waals surface area contributed by atoms with Crippen molar-refractivity contribution < 1.29 is 13.2 Å². The standard InChI is InChI=1S/C8H18N4O3S.HI/c1-16(13,14)11-3-2-10-8(9)12-4-6-15-7-5-12;/h11H,2-7H2,1H3,(H2,9,10);1H. The van der Waals surface area contributed by atoms with E-state index in [0.29, 0.717) is 25.7 Å². The van der Waals surface area contributed by atoms with Crippen LogP contribution in [-0.4, -0.2) is 64.9 Å². The lowest BCUT2D eigenvalue weighted by Gasteiger charge is -2.27. The molecule has 0 atom stereocenters. The number of ether oxygens (including phenoxy) is 1. The molecule has 0 unspecified atom stereocenters. The first kappa shape index (κ1) is 16.9. The van der Waals surface area contributed by atoms with Crippen LogP contribution in [0.2, 0.25) is 0 Å². The molecular weight excluding hydrogens is 359 g/mol. The lowest BCUT2D eigenvalue weighted by Crippen LogP contribution is -2.45. The number of hydrogen-bond acceptors (Lipinski definition) is 4. The van der Waals surface area contributed by atoms with E-state index in [0.717, 1.165) is 19.3 Å². The Bertz CT molecular complexity index is 341. The average molecular weight is 378 g/mol. The van der Waals surface area contributed by atoms with E-state index in [1.165, 1.54) is 0 Å². The topological polar surface area (TPSA) is 97.0 Å². The van der Waals surface area contributed by atoms with Crippen LogP contribution in [-0.2, 0) is 14.8 Å². The van der Waals surface area contributed by atoms with Gasteiger partial charge >= 0.3 is 0 Å². The molecule has 1 aliphatic heterocycles. The fraction of sp³-hybridized carbons (Fsp3) is 0.875. The molecule has 0 aromatic carbocycles. The smallest absolute Gasteiger partial charge is 0.208 e. The van der Waals surface area contributed by atoms with Gasteiger partial charge < -0.3 is 15.4 Å². The van der Waals surface area contributed by atoms with Gasteiger partial charge in [-0.05, 0) is 0 Å². The van der Waals surface area contributed by atoms with E-state index in [2.05, 4.69) is 9.71 Å². The monoisotopic (exact) mass is 378 g/mol. The highest BCUT2D eigenvalue weighted by Gasteiger charge is 2.11. The molecular formula is C8H19IN4O3S. The minimum absolute atomic E-state index is 0. The van der Waals surface area contributed by atoms with Crippen molar-refractivity contribution in [1.82, 2.24) is 9.62 Å². The molecule has 0 aliphatic carbocycles. The molecule has 1 saturated heterocycles. The maximum absolute atomic E-state index is 10.8. The predicted octanol–water partition coefficient (Wildman–Crippen LogP) is -1.20. The SMILES string of the molecule is CS(=O)(=O)NCCN=C(N)N1CCOCC1.I. The third-order valence-electron chi connectivity index (χ3n) is 2.08. The Morgan fingerprint density at radius 1 is 1.47 bits per heavy atom. The van der Waals surface area contributed by atoms with Crippen LogP contribution in [0.15, 0.2) is 4.99 Å². The molecule has 0 bridgehead atoms. The second-order valence-electron chi connectivity index (χ2n) is 3.51. The molecule has 0 spiro atoms. The van der Waals surface area contributed by atoms with Crippen LogP contribution in [0.4, 0.5) is 0 Å². The van der Waals surface area contributed by atoms with Gasteiger partial charge in [0, 0.05) is 19.6 Å². The average Bonchev–Trinajstić information content (AvgIpc) is 2.24. The zero-order chi connectivity index (χ0) is 12.0. The number of aliphatic imine (C=N–C) groups is 1. The quantitative estimate of drug-likeness (QED) is 0.277. The number of hydrogen-bond donors (Lipinski definition) is 2. The summed E-state index contributed by atoms with van der Waals surface area (Å²) in [6.07, 6.45) is 1.11. The highest BCUT2D eigenvalue weighted by Crippen LogP contribution is 1.95. The molecule has 0 amide bonds. The van der Waals surface area contributed by atoms with E-state index in [9.17, 15) is 8.42 Å². The van der Waals surface area contributed by atoms with Crippen molar-refractivity contribution in [2.75, 3.05) is 45.6 Å². The van der Waals surface area contributed by atoms with Gasteiger partial charge in [-0.15, -0.1) is 24.0 Å². The summed E-state index contributed by atoms with van der Waals surface area (Å²) in [6, 6.07) is 0. The number of sulfonamides is 1. The lowest BCUT2D eigenvalue weighted by molar-refractivity contribution is 0.0674. The van der Waals surface area contributed by atoms with Crippen molar-refractivity contribution in [1.29, 1.82) is 0 Å². The number of guanidine groups is 1. The molecule has 1 fully saturated rings. The van der Waals surface area contributed by atoms with Gasteiger partial charge in [0.25, 0.3) is 0 Å². The highest BCUT2D eigenvalue weighted by molar-refractivity contribution is 14.0. The Morgan fingerprint density at radius 3 is 2.59 bits per heavy atom. The summed E-state index contributed by atoms with van der Waals surface area (Å²) in [5.74, 6) is 0.443. The summed E-state index contributed by atoms with van der Waals surface area (Å²) in [5, 5.41) is 0. The summed E-state index contributed by atoms with van der Waals surface area (Å²) in [5.41, 5.74) is 5.74. The number of morpholine rings is 1. The zero-order valence-electron chi connectivity index (χ0n) is 9.76. The maximum atomic E-state index is 10.8. The number of nitrogens with two attached hydrogens (primary N) is 1. The number of halogens is 1. The van der Waals surface area contributed by atoms with Crippen LogP contribution >= 0.6 is 24.0 Å². The van der Waals surface area contributed by atoms with Crippen LogP contribution in [0.5, 0.6) is 0 Å². The van der Waals surface area contributed by atoms with Crippen LogP contribution in [0, 0.1) is 0 Å². The number of nitrogens with one attached hydrogen (secondary N) is 1. The minimum atomic E-state index is -3.14. The Hall–Kier alpha value is -0.130. The van der Waals surface area contributed by atoms with Crippen molar-refractivity contribution >= 4 is 40.0 Å². The molecule has 0 saturated carbocycles. The molecule has 17 heavy (non-hydrogen) atoms. The van der Waals surface area contributed by atoms with Crippen LogP contribution < -0.4 is 10.5 Å². The van der Waals surface area contributed by atoms with E-state index >= 15 is 0 Å². The first-order valence-corrected chi connectivity index (χ1v) is 6.95. The van der Waals surface area contributed by atoms with Crippen molar-refractivity contribution in [3.05, 3.63) is 0 Å². The lowest BCUT2D eigenvalue weighted by atomic mass is 10.4. The molecule has 0 radical (unpaired) electrons. The molecule has 0 aromatic heterocycles. The van der Waals surface area contributed by atoms with E-state index in [-0.39, 0.29) is 30.5 Å². The fourth-order valence-electron chi connectivity index (χ4n) is 1.29. The summed E-state index contributed by atoms with van der Waals surface area (Å²) in [4.78, 5) is 6.01. The highest BCUT2D eigenvalue weighted by atomic mass is 127. The second-order valence-corrected chi connectivity index (χ2v) is 5.34. The summed E-state index contributed by atoms with van der Waals surface area (Å²) < 4.78 is 29.0. The van der Waals surface area contributed by atoms with E-state index in [4.69, 9.17) is 10.5 Å². The number of rotatable bonds is 4. The summed E-state index contributed by atoms with van der Waals surface area (Å²) in [6.45, 7) is 3.37. The molecule has 0 aromatic rings. The fourth-order valence-corrected chi connectivity index (χ4v) is 1.76. The van der Waals surface area contributed by atoms with Crippen LogP contribution in [0.3, 0.4) is 0 Å². The number of nitrogens with zero attached hydrogens (tertiary/aromatic N) is 2. The van der Waals surface area contributed by atoms with Gasteiger partial charge in [0.05, 0.1) is 26.0 Å². The molecule has 1 aliphatic rings. The van der Waals surface area contributed by atoms with Crippen LogP contribution in [0.1, 0.15) is 0 Å². The molecule has 102 valence electrons. The Balaban J connectivity index is 0.00000256. The second kappa shape index (κ2) is 8.06. The van der Waals surface area contributed by atoms with Gasteiger partial charge in [0.15, 0.2) is 5.96 Å². The first-order chi connectivity index (χ1) is 7.49. The summed E-state index contributed by atoms with van der Waals surface area (Å²) in [7, 11) is -3.14. The van der Waals surface area contributed by atoms with E-state index < -0.39 is 10.0 Å². The largest absolute Gasteiger partial charge is 0.378 e. The normalized spacial score (nSPS) is 17.7. The molecule has 1 rings (SSSR count). The molecule has 9 heteroatoms. The molecule has 7 nitrogen and oxygen atoms in total. The third kappa shape index (κ3) is 7.73.